The number of hydrogen-bond acceptors (Lipinski definition) is 5. The van der Waals surface area contributed by atoms with E-state index in [4.69, 9.17) is 9.47 Å². The summed E-state index contributed by atoms with van der Waals surface area (Å²) >= 11 is 1.45. The molecule has 1 heterocycles. The van der Waals surface area contributed by atoms with Crippen molar-refractivity contribution >= 4 is 17.2 Å². The van der Waals surface area contributed by atoms with Crippen LogP contribution >= 0.6 is 11.3 Å². The highest BCUT2D eigenvalue weighted by atomic mass is 32.1. The van der Waals surface area contributed by atoms with Gasteiger partial charge in [0.1, 0.15) is 10.7 Å². The second-order valence-electron chi connectivity index (χ2n) is 5.71. The average molecular weight is 332 g/mol. The number of carbonyl (C=O) groups excluding carboxylic acids is 1. The Morgan fingerprint density at radius 2 is 2.04 bits per heavy atom. The molecule has 1 N–H and O–H groups in total. The molecule has 0 spiro atoms. The molecule has 0 aliphatic heterocycles. The Bertz CT molecular complexity index is 710. The lowest BCUT2D eigenvalue weighted by molar-refractivity contribution is 0.0931. The van der Waals surface area contributed by atoms with Crippen LogP contribution in [0.1, 0.15) is 30.3 Å². The fourth-order valence-electron chi connectivity index (χ4n) is 2.47. The number of benzene rings is 1. The predicted octanol–water partition coefficient (Wildman–Crippen LogP) is 3.36. The lowest BCUT2D eigenvalue weighted by Crippen LogP contribution is -2.34. The maximum absolute atomic E-state index is 12.2. The van der Waals surface area contributed by atoms with Crippen molar-refractivity contribution in [2.24, 2.45) is 5.92 Å². The molecule has 1 aromatic carbocycles. The molecule has 3 rings (SSSR count). The summed E-state index contributed by atoms with van der Waals surface area (Å²) < 4.78 is 10.5. The van der Waals surface area contributed by atoms with Crippen LogP contribution in [-0.2, 0) is 0 Å². The highest BCUT2D eigenvalue weighted by Crippen LogP contribution is 2.34. The van der Waals surface area contributed by atoms with Crippen molar-refractivity contribution < 1.29 is 14.3 Å². The number of rotatable bonds is 6. The molecule has 1 saturated carbocycles. The Hall–Kier alpha value is -2.08. The van der Waals surface area contributed by atoms with E-state index in [0.717, 1.165) is 10.6 Å². The number of ether oxygens (including phenoxy) is 2. The molecule has 0 saturated heterocycles. The molecule has 1 fully saturated rings. The topological polar surface area (TPSA) is 60.5 Å². The van der Waals surface area contributed by atoms with Gasteiger partial charge in [-0.05, 0) is 43.9 Å². The molecule has 1 aliphatic carbocycles. The first kappa shape index (κ1) is 15.8. The zero-order chi connectivity index (χ0) is 16.4. The Labute approximate surface area is 139 Å². The normalized spacial score (nSPS) is 15.1. The fourth-order valence-corrected chi connectivity index (χ4v) is 3.27. The molecule has 0 bridgehead atoms. The molecule has 1 aliphatic rings. The van der Waals surface area contributed by atoms with Crippen molar-refractivity contribution in [3.05, 3.63) is 29.3 Å². The Morgan fingerprint density at radius 3 is 2.70 bits per heavy atom. The smallest absolute Gasteiger partial charge is 0.270 e. The highest BCUT2D eigenvalue weighted by molar-refractivity contribution is 7.13. The van der Waals surface area contributed by atoms with E-state index in [9.17, 15) is 4.79 Å². The first-order chi connectivity index (χ1) is 11.1. The van der Waals surface area contributed by atoms with Crippen molar-refractivity contribution in [2.75, 3.05) is 14.2 Å². The number of hydrogen-bond donors (Lipinski definition) is 1. The number of nitrogens with zero attached hydrogens (tertiary/aromatic N) is 1. The summed E-state index contributed by atoms with van der Waals surface area (Å²) in [5, 5.41) is 5.60. The minimum atomic E-state index is -0.104. The van der Waals surface area contributed by atoms with E-state index in [1.807, 2.05) is 18.2 Å². The van der Waals surface area contributed by atoms with Crippen LogP contribution in [0.5, 0.6) is 11.5 Å². The van der Waals surface area contributed by atoms with Crippen LogP contribution in [0.25, 0.3) is 10.6 Å². The van der Waals surface area contributed by atoms with Crippen molar-refractivity contribution in [3.8, 4) is 22.1 Å². The third kappa shape index (κ3) is 3.47. The number of nitrogens with one attached hydrogen (secondary N) is 1. The molecule has 1 amide bonds. The third-order valence-electron chi connectivity index (χ3n) is 4.06. The molecule has 23 heavy (non-hydrogen) atoms. The number of thiazole rings is 1. The van der Waals surface area contributed by atoms with Gasteiger partial charge in [-0.2, -0.15) is 0 Å². The van der Waals surface area contributed by atoms with E-state index in [0.29, 0.717) is 23.1 Å². The summed E-state index contributed by atoms with van der Waals surface area (Å²) in [5.41, 5.74) is 1.37. The summed E-state index contributed by atoms with van der Waals surface area (Å²) in [4.78, 5) is 16.7. The van der Waals surface area contributed by atoms with Crippen LogP contribution in [0.4, 0.5) is 0 Å². The summed E-state index contributed by atoms with van der Waals surface area (Å²) in [5.74, 6) is 1.84. The van der Waals surface area contributed by atoms with Crippen LogP contribution in [0, 0.1) is 5.92 Å². The molecule has 2 aromatic rings. The molecule has 5 nitrogen and oxygen atoms in total. The zero-order valence-electron chi connectivity index (χ0n) is 13.5. The SMILES string of the molecule is COc1ccc(-c2nc(C(=O)N[C@H](C)C3CC3)cs2)cc1OC. The largest absolute Gasteiger partial charge is 0.493 e. The van der Waals surface area contributed by atoms with Crippen LogP contribution in [0.3, 0.4) is 0 Å². The number of aromatic nitrogens is 1. The predicted molar refractivity (Wildman–Crippen MR) is 90.3 cm³/mol. The maximum atomic E-state index is 12.2. The van der Waals surface area contributed by atoms with Gasteiger partial charge in [0.15, 0.2) is 11.5 Å². The first-order valence-corrected chi connectivity index (χ1v) is 8.49. The standard InChI is InChI=1S/C17H20N2O3S/c1-10(11-4-5-11)18-16(20)13-9-23-17(19-13)12-6-7-14(21-2)15(8-12)22-3/h6-11H,4-5H2,1-3H3,(H,18,20)/t10-/m1/s1. The van der Waals surface area contributed by atoms with Crippen molar-refractivity contribution in [3.63, 3.8) is 0 Å². The summed E-state index contributed by atoms with van der Waals surface area (Å²) in [6.07, 6.45) is 2.41. The van der Waals surface area contributed by atoms with Crippen molar-refractivity contribution in [1.29, 1.82) is 0 Å². The number of amides is 1. The quantitative estimate of drug-likeness (QED) is 0.881. The number of methoxy groups -OCH3 is 2. The van der Waals surface area contributed by atoms with E-state index in [1.165, 1.54) is 24.2 Å². The molecular formula is C17H20N2O3S. The van der Waals surface area contributed by atoms with E-state index in [-0.39, 0.29) is 11.9 Å². The first-order valence-electron chi connectivity index (χ1n) is 7.61. The lowest BCUT2D eigenvalue weighted by atomic mass is 10.2. The Kier molecular flexibility index (Phi) is 4.52. The lowest BCUT2D eigenvalue weighted by Gasteiger charge is -2.11. The van der Waals surface area contributed by atoms with Crippen molar-refractivity contribution in [2.45, 2.75) is 25.8 Å². The second-order valence-corrected chi connectivity index (χ2v) is 6.57. The van der Waals surface area contributed by atoms with Gasteiger partial charge in [0.05, 0.1) is 14.2 Å². The minimum absolute atomic E-state index is 0.104. The Balaban J connectivity index is 1.77. The maximum Gasteiger partial charge on any atom is 0.270 e. The van der Waals surface area contributed by atoms with E-state index in [1.54, 1.807) is 19.6 Å². The summed E-state index contributed by atoms with van der Waals surface area (Å²) in [7, 11) is 3.20. The van der Waals surface area contributed by atoms with Gasteiger partial charge in [0.2, 0.25) is 0 Å². The van der Waals surface area contributed by atoms with Crippen LogP contribution in [-0.4, -0.2) is 31.2 Å². The van der Waals surface area contributed by atoms with E-state index >= 15 is 0 Å². The van der Waals surface area contributed by atoms with Crippen molar-refractivity contribution in [1.82, 2.24) is 10.3 Å². The average Bonchev–Trinajstić information content (AvgIpc) is 3.31. The van der Waals surface area contributed by atoms with Gasteiger partial charge in [-0.3, -0.25) is 4.79 Å². The second kappa shape index (κ2) is 6.58. The van der Waals surface area contributed by atoms with Gasteiger partial charge in [0, 0.05) is 17.0 Å². The molecular weight excluding hydrogens is 312 g/mol. The molecule has 1 aromatic heterocycles. The van der Waals surface area contributed by atoms with E-state index in [2.05, 4.69) is 17.2 Å². The fraction of sp³-hybridized carbons (Fsp3) is 0.412. The van der Waals surface area contributed by atoms with Crippen LogP contribution in [0.15, 0.2) is 23.6 Å². The number of carbonyl (C=O) groups is 1. The van der Waals surface area contributed by atoms with Crippen LogP contribution in [0.2, 0.25) is 0 Å². The van der Waals surface area contributed by atoms with E-state index < -0.39 is 0 Å². The third-order valence-corrected chi connectivity index (χ3v) is 4.95. The summed E-state index contributed by atoms with van der Waals surface area (Å²) in [6.45, 7) is 2.05. The molecule has 1 atom stereocenters. The Morgan fingerprint density at radius 1 is 1.30 bits per heavy atom. The summed E-state index contributed by atoms with van der Waals surface area (Å²) in [6, 6.07) is 5.83. The van der Waals surface area contributed by atoms with Gasteiger partial charge in [-0.15, -0.1) is 11.3 Å². The van der Waals surface area contributed by atoms with Gasteiger partial charge in [-0.25, -0.2) is 4.98 Å². The minimum Gasteiger partial charge on any atom is -0.493 e. The van der Waals surface area contributed by atoms with Crippen LogP contribution < -0.4 is 14.8 Å². The molecule has 6 heteroatoms. The molecule has 122 valence electrons. The molecule has 0 unspecified atom stereocenters. The van der Waals surface area contributed by atoms with Gasteiger partial charge >= 0.3 is 0 Å². The van der Waals surface area contributed by atoms with Gasteiger partial charge < -0.3 is 14.8 Å². The molecule has 0 radical (unpaired) electrons. The monoisotopic (exact) mass is 332 g/mol. The van der Waals surface area contributed by atoms with Gasteiger partial charge in [0.25, 0.3) is 5.91 Å². The highest BCUT2D eigenvalue weighted by Gasteiger charge is 2.29. The van der Waals surface area contributed by atoms with Gasteiger partial charge in [-0.1, -0.05) is 0 Å². The zero-order valence-corrected chi connectivity index (χ0v) is 14.3.